The van der Waals surface area contributed by atoms with Crippen LogP contribution in [0.5, 0.6) is 0 Å². The minimum absolute atomic E-state index is 0.0163. The highest BCUT2D eigenvalue weighted by molar-refractivity contribution is 6.47. The van der Waals surface area contributed by atoms with Gasteiger partial charge in [-0.2, -0.15) is 0 Å². The highest BCUT2D eigenvalue weighted by atomic mass is 28.2. The topological polar surface area (TPSA) is 17.8 Å². The van der Waals surface area contributed by atoms with E-state index in [-0.39, 0.29) is 11.0 Å². The van der Waals surface area contributed by atoms with Gasteiger partial charge in [-0.05, 0) is 35.0 Å². The molecule has 176 valence electrons. The van der Waals surface area contributed by atoms with Crippen LogP contribution in [0.2, 0.25) is 0 Å². The van der Waals surface area contributed by atoms with Crippen molar-refractivity contribution in [2.24, 2.45) is 0 Å². The van der Waals surface area contributed by atoms with Gasteiger partial charge < -0.3 is 4.57 Å². The Morgan fingerprint density at radius 2 is 1.17 bits per heavy atom. The summed E-state index contributed by atoms with van der Waals surface area (Å²) in [6, 6.07) is 41.8. The van der Waals surface area contributed by atoms with Crippen molar-refractivity contribution in [3.63, 3.8) is 0 Å². The Morgan fingerprint density at radius 1 is 0.722 bits per heavy atom. The van der Waals surface area contributed by atoms with Crippen molar-refractivity contribution in [2.45, 2.75) is 17.9 Å². The van der Waals surface area contributed by atoms with Gasteiger partial charge in [-0.1, -0.05) is 127 Å². The maximum Gasteiger partial charge on any atom is 0.0954 e. The van der Waals surface area contributed by atoms with Crippen LogP contribution in [0.15, 0.2) is 152 Å². The predicted molar refractivity (Wildman–Crippen MR) is 155 cm³/mol. The summed E-state index contributed by atoms with van der Waals surface area (Å²) in [6.45, 7) is 2.10. The fraction of sp³-hybridized carbons (Fsp3) is 0.0938. The summed E-state index contributed by atoms with van der Waals surface area (Å²) in [6.07, 6.45) is 8.06. The molecule has 0 fully saturated rings. The van der Waals surface area contributed by atoms with E-state index in [1.54, 1.807) is 0 Å². The molecule has 0 saturated carbocycles. The summed E-state index contributed by atoms with van der Waals surface area (Å²) in [7, 11) is 5.51. The second-order valence-corrected chi connectivity index (χ2v) is 10.5. The standard InChI is InChI=1S/C19H20N2Si.C13H11B/c1-2-15-22-19(21-14-13-20-16-21,17-9-5-3-6-10-17)18-11-7-4-8-12-18;14-13(11-7-3-1-4-8-11)12-9-5-2-6-10-12/h2-16H,22H2,1H3;1-10,13H. The molecule has 5 rings (SSSR count). The van der Waals surface area contributed by atoms with Crippen molar-refractivity contribution in [3.8, 4) is 0 Å². The number of allylic oxidation sites excluding steroid dienone is 1. The summed E-state index contributed by atoms with van der Waals surface area (Å²) < 4.78 is 2.27. The van der Waals surface area contributed by atoms with Gasteiger partial charge in [0.05, 0.1) is 28.9 Å². The van der Waals surface area contributed by atoms with E-state index in [4.69, 9.17) is 7.85 Å². The first kappa shape index (κ1) is 25.2. The lowest BCUT2D eigenvalue weighted by Gasteiger charge is -2.36. The van der Waals surface area contributed by atoms with Crippen LogP contribution in [0.1, 0.15) is 35.0 Å². The molecule has 2 radical (unpaired) electrons. The summed E-state index contributed by atoms with van der Waals surface area (Å²) in [5.74, 6) is -0.0163. The summed E-state index contributed by atoms with van der Waals surface area (Å²) in [4.78, 5) is 4.31. The molecule has 0 unspecified atom stereocenters. The first-order chi connectivity index (χ1) is 17.8. The minimum Gasteiger partial charge on any atom is -0.326 e. The lowest BCUT2D eigenvalue weighted by molar-refractivity contribution is 0.596. The largest absolute Gasteiger partial charge is 0.326 e. The number of aromatic nitrogens is 2. The Hall–Kier alpha value is -3.89. The Bertz CT molecular complexity index is 1230. The highest BCUT2D eigenvalue weighted by Gasteiger charge is 2.34. The van der Waals surface area contributed by atoms with E-state index in [1.807, 2.05) is 48.9 Å². The molecule has 5 aromatic rings. The molecular formula is C32H31BN2Si. The van der Waals surface area contributed by atoms with Crippen LogP contribution in [0.3, 0.4) is 0 Å². The first-order valence-electron chi connectivity index (χ1n) is 12.3. The lowest BCUT2D eigenvalue weighted by Crippen LogP contribution is -2.41. The maximum absolute atomic E-state index is 6.12. The zero-order chi connectivity index (χ0) is 25.1. The fourth-order valence-corrected chi connectivity index (χ4v) is 6.44. The SMILES string of the molecule is CC=C[SiH2]C(c1ccccc1)(c1ccccc1)n1ccnc1.[B]C(c1ccccc1)c1ccccc1. The van der Waals surface area contributed by atoms with E-state index in [9.17, 15) is 0 Å². The zero-order valence-electron chi connectivity index (χ0n) is 20.7. The minimum atomic E-state index is -0.605. The quantitative estimate of drug-likeness (QED) is 0.250. The van der Waals surface area contributed by atoms with Gasteiger partial charge >= 0.3 is 0 Å². The smallest absolute Gasteiger partial charge is 0.0954 e. The van der Waals surface area contributed by atoms with Crippen molar-refractivity contribution in [2.75, 3.05) is 0 Å². The molecular weight excluding hydrogens is 451 g/mol. The van der Waals surface area contributed by atoms with E-state index >= 15 is 0 Å². The molecule has 0 aliphatic rings. The van der Waals surface area contributed by atoms with Crippen LogP contribution in [-0.2, 0) is 5.16 Å². The van der Waals surface area contributed by atoms with Gasteiger partial charge in [0, 0.05) is 12.4 Å². The Balaban J connectivity index is 0.000000187. The molecule has 36 heavy (non-hydrogen) atoms. The molecule has 0 amide bonds. The van der Waals surface area contributed by atoms with Crippen LogP contribution >= 0.6 is 0 Å². The third-order valence-corrected chi connectivity index (χ3v) is 8.89. The van der Waals surface area contributed by atoms with Gasteiger partial charge in [-0.25, -0.2) is 4.98 Å². The number of benzene rings is 4. The number of hydrogen-bond acceptors (Lipinski definition) is 1. The average Bonchev–Trinajstić information content (AvgIpc) is 3.51. The van der Waals surface area contributed by atoms with E-state index in [0.717, 1.165) is 11.1 Å². The van der Waals surface area contributed by atoms with Crippen LogP contribution in [0.4, 0.5) is 0 Å². The molecule has 0 bridgehead atoms. The molecule has 4 heteroatoms. The third kappa shape index (κ3) is 5.84. The van der Waals surface area contributed by atoms with Gasteiger partial charge in [-0.3, -0.25) is 0 Å². The van der Waals surface area contributed by atoms with E-state index < -0.39 is 9.52 Å². The number of nitrogens with zero attached hydrogens (tertiary/aromatic N) is 2. The van der Waals surface area contributed by atoms with Crippen LogP contribution in [0, 0.1) is 0 Å². The Kier molecular flexibility index (Phi) is 8.90. The molecule has 0 N–H and O–H groups in total. The fourth-order valence-electron chi connectivity index (χ4n) is 4.52. The van der Waals surface area contributed by atoms with Gasteiger partial charge in [-0.15, -0.1) is 5.70 Å². The number of hydrogen-bond donors (Lipinski definition) is 0. The number of imidazole rings is 1. The van der Waals surface area contributed by atoms with Crippen LogP contribution < -0.4 is 0 Å². The van der Waals surface area contributed by atoms with E-state index in [0.29, 0.717) is 0 Å². The predicted octanol–water partition coefficient (Wildman–Crippen LogP) is 6.28. The van der Waals surface area contributed by atoms with Crippen molar-refractivity contribution < 1.29 is 0 Å². The molecule has 0 aliphatic carbocycles. The van der Waals surface area contributed by atoms with Crippen LogP contribution in [-0.4, -0.2) is 26.9 Å². The number of rotatable bonds is 7. The summed E-state index contributed by atoms with van der Waals surface area (Å²) in [5.41, 5.74) is 7.31. The van der Waals surface area contributed by atoms with Crippen LogP contribution in [0.25, 0.3) is 0 Å². The molecule has 1 heterocycles. The monoisotopic (exact) mass is 482 g/mol. The first-order valence-corrected chi connectivity index (χ1v) is 13.8. The van der Waals surface area contributed by atoms with Crippen molar-refractivity contribution >= 4 is 17.4 Å². The third-order valence-electron chi connectivity index (χ3n) is 6.41. The van der Waals surface area contributed by atoms with Crippen molar-refractivity contribution in [1.82, 2.24) is 9.55 Å². The lowest BCUT2D eigenvalue weighted by atomic mass is 9.76. The molecule has 0 atom stereocenters. The van der Waals surface area contributed by atoms with E-state index in [2.05, 4.69) is 119 Å². The normalized spacial score (nSPS) is 11.6. The molecule has 0 spiro atoms. The molecule has 1 aromatic heterocycles. The molecule has 0 saturated heterocycles. The summed E-state index contributed by atoms with van der Waals surface area (Å²) >= 11 is 0. The van der Waals surface area contributed by atoms with Gasteiger partial charge in [0.1, 0.15) is 0 Å². The van der Waals surface area contributed by atoms with Crippen molar-refractivity contribution in [3.05, 3.63) is 174 Å². The Morgan fingerprint density at radius 3 is 1.56 bits per heavy atom. The van der Waals surface area contributed by atoms with Gasteiger partial charge in [0.2, 0.25) is 0 Å². The molecule has 2 nitrogen and oxygen atoms in total. The maximum atomic E-state index is 6.12. The Labute approximate surface area is 218 Å². The summed E-state index contributed by atoms with van der Waals surface area (Å²) in [5, 5.41) is -0.133. The molecule has 4 aromatic carbocycles. The van der Waals surface area contributed by atoms with Gasteiger partial charge in [0.25, 0.3) is 0 Å². The van der Waals surface area contributed by atoms with Gasteiger partial charge in [0.15, 0.2) is 0 Å². The molecule has 0 aliphatic heterocycles. The zero-order valence-corrected chi connectivity index (χ0v) is 22.1. The second-order valence-electron chi connectivity index (χ2n) is 8.63. The van der Waals surface area contributed by atoms with Crippen molar-refractivity contribution in [1.29, 1.82) is 0 Å². The second kappa shape index (κ2) is 12.7. The van der Waals surface area contributed by atoms with E-state index in [1.165, 1.54) is 11.1 Å². The average molecular weight is 483 g/mol. The highest BCUT2D eigenvalue weighted by Crippen LogP contribution is 2.33.